The molecule has 1 N–H and O–H groups in total. The number of carbonyl (C=O) groups excluding carboxylic acids is 2. The number of ketones is 1. The Kier molecular flexibility index (Phi) is 2.23. The molecule has 0 spiro atoms. The number of hydrogen-bond donors (Lipinski definition) is 1. The summed E-state index contributed by atoms with van der Waals surface area (Å²) in [6.45, 7) is 0. The number of aliphatic hydroxyl groups excluding tert-OH is 1. The largest absolute Gasteiger partial charge is 0.384 e. The van der Waals surface area contributed by atoms with Gasteiger partial charge in [0.15, 0.2) is 12.1 Å². The first-order valence-electron chi connectivity index (χ1n) is 3.65. The fourth-order valence-electron chi connectivity index (χ4n) is 1.20. The van der Waals surface area contributed by atoms with E-state index in [1.165, 1.54) is 23.1 Å². The minimum absolute atomic E-state index is 0.322. The Morgan fingerprint density at radius 2 is 2.38 bits per heavy atom. The Labute approximate surface area is 82.8 Å². The van der Waals surface area contributed by atoms with Crippen molar-refractivity contribution in [1.82, 2.24) is 0 Å². The molecule has 1 aliphatic rings. The highest BCUT2D eigenvalue weighted by Gasteiger charge is 2.29. The molecule has 2 heterocycles. The van der Waals surface area contributed by atoms with Gasteiger partial charge in [-0.2, -0.15) is 0 Å². The SMILES string of the molecule is O=Cc1scc2c1C(=O)C(O)CS2. The fourth-order valence-corrected chi connectivity index (χ4v) is 3.26. The van der Waals surface area contributed by atoms with Crippen molar-refractivity contribution >= 4 is 35.2 Å². The average Bonchev–Trinajstić information content (AvgIpc) is 2.55. The quantitative estimate of drug-likeness (QED) is 0.714. The maximum absolute atomic E-state index is 11.4. The van der Waals surface area contributed by atoms with E-state index in [1.807, 2.05) is 0 Å². The first-order valence-corrected chi connectivity index (χ1v) is 5.52. The van der Waals surface area contributed by atoms with Gasteiger partial charge in [0, 0.05) is 16.0 Å². The number of aldehydes is 1. The zero-order valence-corrected chi connectivity index (χ0v) is 8.15. The molecular formula is C8H6O3S2. The number of Topliss-reactive ketones (excluding diaryl/α,β-unsaturated/α-hetero) is 1. The second-order valence-electron chi connectivity index (χ2n) is 2.65. The smallest absolute Gasteiger partial charge is 0.194 e. The van der Waals surface area contributed by atoms with Crippen LogP contribution >= 0.6 is 23.1 Å². The molecule has 3 nitrogen and oxygen atoms in total. The molecule has 0 fully saturated rings. The molecule has 0 saturated carbocycles. The van der Waals surface area contributed by atoms with Crippen molar-refractivity contribution in [3.63, 3.8) is 0 Å². The van der Waals surface area contributed by atoms with Crippen LogP contribution in [0.1, 0.15) is 20.0 Å². The van der Waals surface area contributed by atoms with Gasteiger partial charge in [-0.1, -0.05) is 0 Å². The lowest BCUT2D eigenvalue weighted by atomic mass is 10.1. The molecule has 13 heavy (non-hydrogen) atoms. The summed E-state index contributed by atoms with van der Waals surface area (Å²) in [5.74, 6) is 0.0676. The van der Waals surface area contributed by atoms with Crippen molar-refractivity contribution in [3.05, 3.63) is 15.8 Å². The number of hydrogen-bond acceptors (Lipinski definition) is 5. The third kappa shape index (κ3) is 1.33. The van der Waals surface area contributed by atoms with Crippen LogP contribution < -0.4 is 0 Å². The lowest BCUT2D eigenvalue weighted by Gasteiger charge is -2.15. The van der Waals surface area contributed by atoms with Gasteiger partial charge in [-0.05, 0) is 0 Å². The van der Waals surface area contributed by atoms with E-state index >= 15 is 0 Å². The summed E-state index contributed by atoms with van der Waals surface area (Å²) in [6.07, 6.45) is -0.286. The molecule has 0 bridgehead atoms. The molecule has 2 rings (SSSR count). The van der Waals surface area contributed by atoms with Gasteiger partial charge in [-0.3, -0.25) is 9.59 Å². The molecule has 0 radical (unpaired) electrons. The van der Waals surface area contributed by atoms with E-state index in [2.05, 4.69) is 0 Å². The van der Waals surface area contributed by atoms with Crippen molar-refractivity contribution < 1.29 is 14.7 Å². The zero-order chi connectivity index (χ0) is 9.42. The van der Waals surface area contributed by atoms with E-state index in [-0.39, 0.29) is 5.78 Å². The molecule has 5 heteroatoms. The average molecular weight is 214 g/mol. The molecule has 0 aromatic carbocycles. The standard InChI is InChI=1S/C8H6O3S2/c9-1-5-7-6(3-13-5)12-2-4(10)8(7)11/h1,3-4,10H,2H2. The predicted molar refractivity (Wildman–Crippen MR) is 50.8 cm³/mol. The van der Waals surface area contributed by atoms with Gasteiger partial charge in [-0.15, -0.1) is 23.1 Å². The molecule has 0 saturated heterocycles. The summed E-state index contributed by atoms with van der Waals surface area (Å²) in [5.41, 5.74) is 0.406. The lowest BCUT2D eigenvalue weighted by molar-refractivity contribution is 0.0777. The van der Waals surface area contributed by atoms with Crippen molar-refractivity contribution in [1.29, 1.82) is 0 Å². The van der Waals surface area contributed by atoms with Crippen LogP contribution in [0, 0.1) is 0 Å². The van der Waals surface area contributed by atoms with Gasteiger partial charge in [-0.25, -0.2) is 0 Å². The van der Waals surface area contributed by atoms with Crippen LogP contribution in [-0.2, 0) is 0 Å². The van der Waals surface area contributed by atoms with Crippen molar-refractivity contribution in [2.24, 2.45) is 0 Å². The van der Waals surface area contributed by atoms with Gasteiger partial charge in [0.05, 0.1) is 10.4 Å². The maximum Gasteiger partial charge on any atom is 0.194 e. The van der Waals surface area contributed by atoms with Gasteiger partial charge in [0.2, 0.25) is 0 Å². The first-order chi connectivity index (χ1) is 6.24. The predicted octanol–water partition coefficient (Wildman–Crippen LogP) is 1.21. The summed E-state index contributed by atoms with van der Waals surface area (Å²) >= 11 is 2.67. The van der Waals surface area contributed by atoms with Crippen LogP contribution in [0.5, 0.6) is 0 Å². The minimum atomic E-state index is -0.953. The van der Waals surface area contributed by atoms with Gasteiger partial charge in [0.1, 0.15) is 6.10 Å². The molecular weight excluding hydrogens is 208 g/mol. The van der Waals surface area contributed by atoms with Gasteiger partial charge in [0.25, 0.3) is 0 Å². The summed E-state index contributed by atoms with van der Waals surface area (Å²) in [6, 6.07) is 0. The van der Waals surface area contributed by atoms with E-state index in [0.717, 1.165) is 4.90 Å². The summed E-state index contributed by atoms with van der Waals surface area (Å²) in [5, 5.41) is 11.1. The Hall–Kier alpha value is -0.650. The zero-order valence-electron chi connectivity index (χ0n) is 6.52. The van der Waals surface area contributed by atoms with Crippen molar-refractivity contribution in [2.75, 3.05) is 5.75 Å². The Morgan fingerprint density at radius 1 is 1.62 bits per heavy atom. The Balaban J connectivity index is 2.54. The van der Waals surface area contributed by atoms with E-state index in [1.54, 1.807) is 5.38 Å². The molecule has 0 aliphatic carbocycles. The maximum atomic E-state index is 11.4. The van der Waals surface area contributed by atoms with E-state index < -0.39 is 6.10 Å². The van der Waals surface area contributed by atoms with Crippen LogP contribution in [0.4, 0.5) is 0 Å². The van der Waals surface area contributed by atoms with Gasteiger partial charge < -0.3 is 5.11 Å². The van der Waals surface area contributed by atoms with Crippen molar-refractivity contribution in [2.45, 2.75) is 11.0 Å². The van der Waals surface area contributed by atoms with Gasteiger partial charge >= 0.3 is 0 Å². The van der Waals surface area contributed by atoms with E-state index in [9.17, 15) is 14.7 Å². The van der Waals surface area contributed by atoms with Crippen molar-refractivity contribution in [3.8, 4) is 0 Å². The Bertz CT molecular complexity index is 369. The van der Waals surface area contributed by atoms with Crippen LogP contribution in [-0.4, -0.2) is 29.0 Å². The number of thiophene rings is 1. The monoisotopic (exact) mass is 214 g/mol. The molecule has 1 unspecified atom stereocenters. The fraction of sp³-hybridized carbons (Fsp3) is 0.250. The molecule has 1 aliphatic heterocycles. The number of aliphatic hydroxyl groups is 1. The second kappa shape index (κ2) is 3.25. The topological polar surface area (TPSA) is 54.4 Å². The normalized spacial score (nSPS) is 21.3. The number of rotatable bonds is 1. The van der Waals surface area contributed by atoms with Crippen LogP contribution in [0.15, 0.2) is 10.3 Å². The number of thioether (sulfide) groups is 1. The van der Waals surface area contributed by atoms with Crippen LogP contribution in [0.2, 0.25) is 0 Å². The number of fused-ring (bicyclic) bond motifs is 1. The third-order valence-electron chi connectivity index (χ3n) is 1.84. The summed E-state index contributed by atoms with van der Waals surface area (Å²) in [7, 11) is 0. The highest BCUT2D eigenvalue weighted by molar-refractivity contribution is 7.99. The molecule has 0 amide bonds. The van der Waals surface area contributed by atoms with E-state index in [0.29, 0.717) is 22.5 Å². The first kappa shape index (κ1) is 8.93. The summed E-state index contributed by atoms with van der Waals surface area (Å²) < 4.78 is 0. The molecule has 68 valence electrons. The van der Waals surface area contributed by atoms with Crippen LogP contribution in [0.25, 0.3) is 0 Å². The molecule has 1 aromatic rings. The second-order valence-corrected chi connectivity index (χ2v) is 4.62. The number of carbonyl (C=O) groups is 2. The summed E-state index contributed by atoms with van der Waals surface area (Å²) in [4.78, 5) is 23.2. The van der Waals surface area contributed by atoms with Crippen LogP contribution in [0.3, 0.4) is 0 Å². The Morgan fingerprint density at radius 3 is 3.08 bits per heavy atom. The molecule has 1 aromatic heterocycles. The highest BCUT2D eigenvalue weighted by atomic mass is 32.2. The third-order valence-corrected chi connectivity index (χ3v) is 4.01. The highest BCUT2D eigenvalue weighted by Crippen LogP contribution is 2.35. The lowest BCUT2D eigenvalue weighted by Crippen LogP contribution is -2.27. The van der Waals surface area contributed by atoms with E-state index in [4.69, 9.17) is 0 Å². The minimum Gasteiger partial charge on any atom is -0.384 e. The molecule has 1 atom stereocenters.